The fraction of sp³-hybridized carbons (Fsp3) is 0.103. The van der Waals surface area contributed by atoms with Crippen molar-refractivity contribution in [1.82, 2.24) is 4.90 Å². The molecule has 0 spiro atoms. The van der Waals surface area contributed by atoms with Gasteiger partial charge in [0.15, 0.2) is 5.78 Å². The number of rotatable bonds is 8. The van der Waals surface area contributed by atoms with Gasteiger partial charge in [0.25, 0.3) is 5.91 Å². The number of ketones is 1. The van der Waals surface area contributed by atoms with E-state index in [0.717, 1.165) is 16.7 Å². The van der Waals surface area contributed by atoms with Crippen molar-refractivity contribution in [2.75, 3.05) is 0 Å². The van der Waals surface area contributed by atoms with Crippen LogP contribution in [0.1, 0.15) is 37.4 Å². The third-order valence-electron chi connectivity index (χ3n) is 5.39. The minimum absolute atomic E-state index is 0.0560. The van der Waals surface area contributed by atoms with Gasteiger partial charge in [-0.1, -0.05) is 109 Å². The van der Waals surface area contributed by atoms with Gasteiger partial charge in [0, 0.05) is 25.1 Å². The zero-order chi connectivity index (χ0) is 22.2. The molecular formula is C29H25NO2. The largest absolute Gasteiger partial charge is 0.330 e. The summed E-state index contributed by atoms with van der Waals surface area (Å²) >= 11 is 0. The molecule has 4 aromatic carbocycles. The molecule has 0 fully saturated rings. The minimum atomic E-state index is -0.144. The van der Waals surface area contributed by atoms with Gasteiger partial charge in [-0.05, 0) is 22.8 Å². The van der Waals surface area contributed by atoms with Crippen molar-refractivity contribution < 1.29 is 9.59 Å². The van der Waals surface area contributed by atoms with Crippen LogP contribution in [0.2, 0.25) is 0 Å². The van der Waals surface area contributed by atoms with Gasteiger partial charge in [-0.25, -0.2) is 0 Å². The maximum Gasteiger partial charge on any atom is 0.255 e. The van der Waals surface area contributed by atoms with Crippen LogP contribution in [0.25, 0.3) is 0 Å². The Hall–Kier alpha value is -3.98. The summed E-state index contributed by atoms with van der Waals surface area (Å²) in [6.07, 6.45) is 0.266. The molecule has 0 bridgehead atoms. The molecule has 158 valence electrons. The molecule has 3 heteroatoms. The monoisotopic (exact) mass is 419 g/mol. The Labute approximate surface area is 189 Å². The Bertz CT molecular complexity index is 1130. The van der Waals surface area contributed by atoms with Crippen LogP contribution in [0.15, 0.2) is 115 Å². The van der Waals surface area contributed by atoms with E-state index in [1.54, 1.807) is 17.0 Å². The van der Waals surface area contributed by atoms with Crippen LogP contribution >= 0.6 is 0 Å². The van der Waals surface area contributed by atoms with Crippen LogP contribution in [0.4, 0.5) is 0 Å². The first-order valence-electron chi connectivity index (χ1n) is 10.7. The van der Waals surface area contributed by atoms with E-state index in [-0.39, 0.29) is 18.1 Å². The summed E-state index contributed by atoms with van der Waals surface area (Å²) in [6.45, 7) is 0.936. The SMILES string of the molecule is O=C(Cc1ccccc1)c1ccccc1C(=O)N(Cc1ccccc1)Cc1ccccc1. The summed E-state index contributed by atoms with van der Waals surface area (Å²) in [5.41, 5.74) is 3.94. The third kappa shape index (κ3) is 5.38. The predicted molar refractivity (Wildman–Crippen MR) is 127 cm³/mol. The number of amides is 1. The lowest BCUT2D eigenvalue weighted by molar-refractivity contribution is 0.0725. The molecule has 3 nitrogen and oxygen atoms in total. The normalized spacial score (nSPS) is 10.5. The Morgan fingerprint density at radius 1 is 0.500 bits per heavy atom. The summed E-state index contributed by atoms with van der Waals surface area (Å²) in [4.78, 5) is 28.6. The molecule has 0 aliphatic carbocycles. The van der Waals surface area contributed by atoms with Gasteiger partial charge in [-0.2, -0.15) is 0 Å². The first kappa shape index (κ1) is 21.3. The molecule has 0 heterocycles. The van der Waals surface area contributed by atoms with E-state index < -0.39 is 0 Å². The summed E-state index contributed by atoms with van der Waals surface area (Å²) < 4.78 is 0. The quantitative estimate of drug-likeness (QED) is 0.331. The highest BCUT2D eigenvalue weighted by atomic mass is 16.2. The molecular weight excluding hydrogens is 394 g/mol. The zero-order valence-corrected chi connectivity index (χ0v) is 17.9. The highest BCUT2D eigenvalue weighted by Gasteiger charge is 2.22. The van der Waals surface area contributed by atoms with Gasteiger partial charge >= 0.3 is 0 Å². The van der Waals surface area contributed by atoms with Crippen molar-refractivity contribution in [3.8, 4) is 0 Å². The van der Waals surface area contributed by atoms with Crippen molar-refractivity contribution in [2.24, 2.45) is 0 Å². The lowest BCUT2D eigenvalue weighted by Crippen LogP contribution is -2.31. The standard InChI is InChI=1S/C29H25NO2/c31-28(20-23-12-4-1-5-13-23)26-18-10-11-19-27(26)29(32)30(21-24-14-6-2-7-15-24)22-25-16-8-3-9-17-25/h1-19H,20-22H2. The predicted octanol–water partition coefficient (Wildman–Crippen LogP) is 5.95. The molecule has 0 saturated heterocycles. The van der Waals surface area contributed by atoms with Gasteiger partial charge < -0.3 is 4.90 Å². The smallest absolute Gasteiger partial charge is 0.255 e. The van der Waals surface area contributed by atoms with Gasteiger partial charge in [0.05, 0.1) is 5.56 Å². The molecule has 4 rings (SSSR count). The van der Waals surface area contributed by atoms with Gasteiger partial charge in [-0.3, -0.25) is 9.59 Å². The van der Waals surface area contributed by atoms with Crippen LogP contribution in [-0.2, 0) is 19.5 Å². The molecule has 0 aliphatic heterocycles. The Kier molecular flexibility index (Phi) is 6.88. The fourth-order valence-electron chi connectivity index (χ4n) is 3.77. The average Bonchev–Trinajstić information content (AvgIpc) is 2.85. The van der Waals surface area contributed by atoms with Crippen molar-refractivity contribution >= 4 is 11.7 Å². The van der Waals surface area contributed by atoms with E-state index in [1.165, 1.54) is 0 Å². The van der Waals surface area contributed by atoms with Crippen LogP contribution in [-0.4, -0.2) is 16.6 Å². The molecule has 0 radical (unpaired) electrons. The Balaban J connectivity index is 1.63. The number of carbonyl (C=O) groups is 2. The number of Topliss-reactive ketones (excluding diaryl/α,β-unsaturated/α-hetero) is 1. The second kappa shape index (κ2) is 10.4. The average molecular weight is 420 g/mol. The maximum atomic E-state index is 13.7. The highest BCUT2D eigenvalue weighted by molar-refractivity contribution is 6.08. The summed E-state index contributed by atoms with van der Waals surface area (Å²) in [7, 11) is 0. The highest BCUT2D eigenvalue weighted by Crippen LogP contribution is 2.19. The molecule has 0 N–H and O–H groups in total. The maximum absolute atomic E-state index is 13.7. The summed E-state index contributed by atoms with van der Waals surface area (Å²) in [6, 6.07) is 36.6. The topological polar surface area (TPSA) is 37.4 Å². The van der Waals surface area contributed by atoms with Crippen LogP contribution in [0.5, 0.6) is 0 Å². The van der Waals surface area contributed by atoms with Crippen LogP contribution < -0.4 is 0 Å². The lowest BCUT2D eigenvalue weighted by atomic mass is 9.97. The lowest BCUT2D eigenvalue weighted by Gasteiger charge is -2.24. The molecule has 0 saturated carbocycles. The van der Waals surface area contributed by atoms with Crippen molar-refractivity contribution in [1.29, 1.82) is 0 Å². The number of benzene rings is 4. The van der Waals surface area contributed by atoms with Gasteiger partial charge in [0.1, 0.15) is 0 Å². The minimum Gasteiger partial charge on any atom is -0.330 e. The molecule has 32 heavy (non-hydrogen) atoms. The molecule has 1 amide bonds. The van der Waals surface area contributed by atoms with E-state index in [4.69, 9.17) is 0 Å². The van der Waals surface area contributed by atoms with Crippen molar-refractivity contribution in [2.45, 2.75) is 19.5 Å². The Morgan fingerprint density at radius 3 is 1.41 bits per heavy atom. The first-order valence-corrected chi connectivity index (χ1v) is 10.7. The summed E-state index contributed by atoms with van der Waals surface area (Å²) in [5.74, 6) is -0.200. The van der Waals surface area contributed by atoms with E-state index in [0.29, 0.717) is 24.2 Å². The first-order chi connectivity index (χ1) is 15.7. The number of hydrogen-bond acceptors (Lipinski definition) is 2. The number of carbonyl (C=O) groups excluding carboxylic acids is 2. The number of nitrogens with zero attached hydrogens (tertiary/aromatic N) is 1. The van der Waals surface area contributed by atoms with E-state index >= 15 is 0 Å². The van der Waals surface area contributed by atoms with E-state index in [1.807, 2.05) is 103 Å². The summed E-state index contributed by atoms with van der Waals surface area (Å²) in [5, 5.41) is 0. The Morgan fingerprint density at radius 2 is 0.906 bits per heavy atom. The molecule has 4 aromatic rings. The van der Waals surface area contributed by atoms with Crippen LogP contribution in [0.3, 0.4) is 0 Å². The van der Waals surface area contributed by atoms with Gasteiger partial charge in [-0.15, -0.1) is 0 Å². The van der Waals surface area contributed by atoms with Crippen molar-refractivity contribution in [3.63, 3.8) is 0 Å². The molecule has 0 aliphatic rings. The van der Waals surface area contributed by atoms with Crippen molar-refractivity contribution in [3.05, 3.63) is 143 Å². The second-order valence-electron chi connectivity index (χ2n) is 7.76. The third-order valence-corrected chi connectivity index (χ3v) is 5.39. The molecule has 0 aromatic heterocycles. The zero-order valence-electron chi connectivity index (χ0n) is 17.9. The second-order valence-corrected chi connectivity index (χ2v) is 7.76. The van der Waals surface area contributed by atoms with E-state index in [2.05, 4.69) is 0 Å². The van der Waals surface area contributed by atoms with E-state index in [9.17, 15) is 9.59 Å². The number of hydrogen-bond donors (Lipinski definition) is 0. The molecule has 0 unspecified atom stereocenters. The molecule has 0 atom stereocenters. The van der Waals surface area contributed by atoms with Crippen LogP contribution in [0, 0.1) is 0 Å². The fourth-order valence-corrected chi connectivity index (χ4v) is 3.77. The van der Waals surface area contributed by atoms with Gasteiger partial charge in [0.2, 0.25) is 0 Å².